The van der Waals surface area contributed by atoms with Gasteiger partial charge in [0.1, 0.15) is 0 Å². The van der Waals surface area contributed by atoms with Gasteiger partial charge in [-0.3, -0.25) is 4.79 Å². The number of nitrogens with one attached hydrogen (secondary N) is 1. The van der Waals surface area contributed by atoms with Crippen LogP contribution in [-0.4, -0.2) is 23.5 Å². The molecule has 0 aromatic carbocycles. The molecule has 0 aliphatic carbocycles. The Balaban J connectivity index is 1.90. The molecule has 1 fully saturated rings. The monoisotopic (exact) mass is 303 g/mol. The molecule has 0 spiro atoms. The van der Waals surface area contributed by atoms with Crippen molar-refractivity contribution < 1.29 is 4.79 Å². The van der Waals surface area contributed by atoms with Crippen molar-refractivity contribution in [2.75, 3.05) is 12.3 Å². The molecule has 1 aliphatic rings. The van der Waals surface area contributed by atoms with Gasteiger partial charge in [0.05, 0.1) is 0 Å². The van der Waals surface area contributed by atoms with Crippen LogP contribution in [0.2, 0.25) is 0 Å². The van der Waals surface area contributed by atoms with Crippen molar-refractivity contribution >= 4 is 27.5 Å². The summed E-state index contributed by atoms with van der Waals surface area (Å²) in [7, 11) is 4.04. The second kappa shape index (κ2) is 9.17. The van der Waals surface area contributed by atoms with Crippen LogP contribution in [0.5, 0.6) is 0 Å². The normalized spacial score (nSPS) is 19.6. The van der Waals surface area contributed by atoms with Crippen LogP contribution in [0.3, 0.4) is 0 Å². The fourth-order valence-corrected chi connectivity index (χ4v) is 5.18. The van der Waals surface area contributed by atoms with Crippen molar-refractivity contribution in [3.8, 4) is 0 Å². The van der Waals surface area contributed by atoms with E-state index in [-0.39, 0.29) is 5.91 Å². The van der Waals surface area contributed by atoms with Crippen LogP contribution in [0.1, 0.15) is 65.7 Å². The zero-order valence-corrected chi connectivity index (χ0v) is 14.3. The van der Waals surface area contributed by atoms with E-state index in [9.17, 15) is 4.79 Å². The molecule has 1 aliphatic heterocycles. The molecule has 4 heteroatoms. The Morgan fingerprint density at radius 1 is 1.26 bits per heavy atom. The van der Waals surface area contributed by atoms with E-state index >= 15 is 0 Å². The third-order valence-corrected chi connectivity index (χ3v) is 6.34. The first-order valence-electron chi connectivity index (χ1n) is 7.52. The van der Waals surface area contributed by atoms with Crippen molar-refractivity contribution in [1.29, 1.82) is 0 Å². The summed E-state index contributed by atoms with van der Waals surface area (Å²) in [5.41, 5.74) is 0.377. The summed E-state index contributed by atoms with van der Waals surface area (Å²) in [5, 5.41) is 3.88. The van der Waals surface area contributed by atoms with E-state index in [0.29, 0.717) is 11.8 Å². The van der Waals surface area contributed by atoms with E-state index in [1.54, 1.807) is 0 Å². The first-order chi connectivity index (χ1) is 8.97. The summed E-state index contributed by atoms with van der Waals surface area (Å²) >= 11 is 0. The lowest BCUT2D eigenvalue weighted by Crippen LogP contribution is -2.25. The SMILES string of the molecule is CC(C)(C)CCCNC(=O)CCCCC1CCSS1. The van der Waals surface area contributed by atoms with Gasteiger partial charge in [-0.15, -0.1) is 0 Å². The first-order valence-corrected chi connectivity index (χ1v) is 9.90. The van der Waals surface area contributed by atoms with Crippen molar-refractivity contribution in [2.45, 2.75) is 71.0 Å². The second-order valence-corrected chi connectivity index (χ2v) is 9.38. The fraction of sp³-hybridized carbons (Fsp3) is 0.933. The fourth-order valence-electron chi connectivity index (χ4n) is 2.16. The van der Waals surface area contributed by atoms with Gasteiger partial charge >= 0.3 is 0 Å². The highest BCUT2D eigenvalue weighted by Crippen LogP contribution is 2.39. The second-order valence-electron chi connectivity index (χ2n) is 6.59. The van der Waals surface area contributed by atoms with Crippen molar-refractivity contribution in [2.24, 2.45) is 5.41 Å². The topological polar surface area (TPSA) is 29.1 Å². The predicted octanol–water partition coefficient (Wildman–Crippen LogP) is 4.64. The quantitative estimate of drug-likeness (QED) is 0.523. The Hall–Kier alpha value is 0.170. The van der Waals surface area contributed by atoms with E-state index < -0.39 is 0 Å². The predicted molar refractivity (Wildman–Crippen MR) is 88.6 cm³/mol. The van der Waals surface area contributed by atoms with Gasteiger partial charge in [0.25, 0.3) is 0 Å². The number of hydrogen-bond acceptors (Lipinski definition) is 3. The highest BCUT2D eigenvalue weighted by Gasteiger charge is 2.15. The number of amides is 1. The van der Waals surface area contributed by atoms with Crippen molar-refractivity contribution in [1.82, 2.24) is 5.32 Å². The molecule has 1 unspecified atom stereocenters. The number of carbonyl (C=O) groups excluding carboxylic acids is 1. The van der Waals surface area contributed by atoms with Crippen LogP contribution in [0, 0.1) is 5.41 Å². The van der Waals surface area contributed by atoms with E-state index in [4.69, 9.17) is 0 Å². The summed E-state index contributed by atoms with van der Waals surface area (Å²) in [6.45, 7) is 7.57. The molecule has 0 saturated carbocycles. The highest BCUT2D eigenvalue weighted by molar-refractivity contribution is 8.77. The molecule has 0 aromatic heterocycles. The van der Waals surface area contributed by atoms with Gasteiger partial charge in [-0.1, -0.05) is 48.8 Å². The minimum absolute atomic E-state index is 0.238. The van der Waals surface area contributed by atoms with Gasteiger partial charge in [-0.25, -0.2) is 0 Å². The molecular weight excluding hydrogens is 274 g/mol. The lowest BCUT2D eigenvalue weighted by Gasteiger charge is -2.17. The molecule has 1 N–H and O–H groups in total. The van der Waals surface area contributed by atoms with E-state index in [1.165, 1.54) is 31.4 Å². The molecule has 1 rings (SSSR count). The van der Waals surface area contributed by atoms with E-state index in [0.717, 1.165) is 24.6 Å². The maximum atomic E-state index is 11.6. The molecule has 19 heavy (non-hydrogen) atoms. The summed E-state index contributed by atoms with van der Waals surface area (Å²) in [5.74, 6) is 1.55. The third kappa shape index (κ3) is 9.67. The smallest absolute Gasteiger partial charge is 0.219 e. The van der Waals surface area contributed by atoms with Gasteiger partial charge in [0.2, 0.25) is 5.91 Å². The van der Waals surface area contributed by atoms with Crippen LogP contribution in [-0.2, 0) is 4.79 Å². The number of hydrogen-bond donors (Lipinski definition) is 1. The third-order valence-electron chi connectivity index (χ3n) is 3.33. The molecule has 0 bridgehead atoms. The minimum atomic E-state index is 0.238. The maximum Gasteiger partial charge on any atom is 0.219 e. The van der Waals surface area contributed by atoms with Gasteiger partial charge in [0, 0.05) is 24.0 Å². The molecule has 112 valence electrons. The molecule has 0 radical (unpaired) electrons. The molecule has 1 heterocycles. The number of rotatable bonds is 8. The lowest BCUT2D eigenvalue weighted by molar-refractivity contribution is -0.121. The summed E-state index contributed by atoms with van der Waals surface area (Å²) in [4.78, 5) is 11.6. The van der Waals surface area contributed by atoms with Gasteiger partial charge in [-0.05, 0) is 37.5 Å². The molecule has 1 atom stereocenters. The summed E-state index contributed by atoms with van der Waals surface area (Å²) < 4.78 is 0. The van der Waals surface area contributed by atoms with Crippen LogP contribution in [0.15, 0.2) is 0 Å². The van der Waals surface area contributed by atoms with Crippen LogP contribution >= 0.6 is 21.6 Å². The Morgan fingerprint density at radius 2 is 2.05 bits per heavy atom. The zero-order chi connectivity index (χ0) is 14.1. The Kier molecular flexibility index (Phi) is 8.31. The lowest BCUT2D eigenvalue weighted by atomic mass is 9.91. The standard InChI is InChI=1S/C15H29NOS2/c1-15(2,3)10-6-11-16-14(17)8-5-4-7-13-9-12-18-19-13/h13H,4-12H2,1-3H3,(H,16,17). The van der Waals surface area contributed by atoms with Gasteiger partial charge in [0.15, 0.2) is 0 Å². The van der Waals surface area contributed by atoms with Crippen LogP contribution in [0.4, 0.5) is 0 Å². The van der Waals surface area contributed by atoms with Crippen LogP contribution in [0.25, 0.3) is 0 Å². The molecule has 2 nitrogen and oxygen atoms in total. The Morgan fingerprint density at radius 3 is 2.68 bits per heavy atom. The summed E-state index contributed by atoms with van der Waals surface area (Å²) in [6.07, 6.45) is 7.86. The highest BCUT2D eigenvalue weighted by atomic mass is 33.1. The summed E-state index contributed by atoms with van der Waals surface area (Å²) in [6, 6.07) is 0. The molecule has 1 amide bonds. The average Bonchev–Trinajstić information content (AvgIpc) is 2.82. The van der Waals surface area contributed by atoms with Gasteiger partial charge in [-0.2, -0.15) is 0 Å². The zero-order valence-electron chi connectivity index (χ0n) is 12.7. The van der Waals surface area contributed by atoms with Gasteiger partial charge < -0.3 is 5.32 Å². The number of carbonyl (C=O) groups is 1. The Bertz CT molecular complexity index is 257. The van der Waals surface area contributed by atoms with Crippen molar-refractivity contribution in [3.63, 3.8) is 0 Å². The molecular formula is C15H29NOS2. The number of unbranched alkanes of at least 4 members (excludes halogenated alkanes) is 1. The van der Waals surface area contributed by atoms with Crippen LogP contribution < -0.4 is 5.32 Å². The molecule has 1 saturated heterocycles. The maximum absolute atomic E-state index is 11.6. The average molecular weight is 304 g/mol. The van der Waals surface area contributed by atoms with E-state index in [1.807, 2.05) is 21.6 Å². The minimum Gasteiger partial charge on any atom is -0.356 e. The van der Waals surface area contributed by atoms with E-state index in [2.05, 4.69) is 26.1 Å². The Labute approximate surface area is 126 Å². The first kappa shape index (κ1) is 17.2. The van der Waals surface area contributed by atoms with Crippen molar-refractivity contribution in [3.05, 3.63) is 0 Å². The largest absolute Gasteiger partial charge is 0.356 e. The molecule has 0 aromatic rings.